The Bertz CT molecular complexity index is 190. The fraction of sp³-hybridized carbons (Fsp3) is 0.400. The molecular formula is C10H14O2. The Hall–Kier alpha value is -1.18. The van der Waals surface area contributed by atoms with Crippen LogP contribution in [-0.2, 0) is 9.59 Å². The summed E-state index contributed by atoms with van der Waals surface area (Å²) in [7, 11) is 0. The van der Waals surface area contributed by atoms with Gasteiger partial charge in [-0.25, -0.2) is 0 Å². The molecular weight excluding hydrogens is 152 g/mol. The largest absolute Gasteiger partial charge is 0.299 e. The lowest BCUT2D eigenvalue weighted by molar-refractivity contribution is -0.114. The van der Waals surface area contributed by atoms with Crippen molar-refractivity contribution in [2.45, 2.75) is 26.2 Å². The monoisotopic (exact) mass is 166 g/mol. The average Bonchev–Trinajstić information content (AvgIpc) is 2.53. The maximum atomic E-state index is 10.2. The van der Waals surface area contributed by atoms with Crippen molar-refractivity contribution in [2.75, 3.05) is 0 Å². The molecule has 0 saturated heterocycles. The van der Waals surface area contributed by atoms with Gasteiger partial charge in [0.25, 0.3) is 0 Å². The second kappa shape index (κ2) is 7.92. The van der Waals surface area contributed by atoms with Gasteiger partial charge in [-0.1, -0.05) is 19.1 Å². The van der Waals surface area contributed by atoms with Crippen molar-refractivity contribution >= 4 is 12.1 Å². The molecule has 0 aliphatic heterocycles. The van der Waals surface area contributed by atoms with E-state index in [0.717, 1.165) is 25.5 Å². The molecule has 0 heterocycles. The molecule has 0 aromatic carbocycles. The predicted octanol–water partition coefficient (Wildman–Crippen LogP) is 2.06. The predicted molar refractivity (Wildman–Crippen MR) is 48.9 cm³/mol. The molecule has 0 aromatic rings. The highest BCUT2D eigenvalue weighted by Gasteiger charge is 1.98. The van der Waals surface area contributed by atoms with Gasteiger partial charge in [0, 0.05) is 6.42 Å². The van der Waals surface area contributed by atoms with E-state index in [1.165, 1.54) is 6.08 Å². The Labute approximate surface area is 73.0 Å². The minimum Gasteiger partial charge on any atom is -0.299 e. The van der Waals surface area contributed by atoms with Crippen molar-refractivity contribution in [3.05, 3.63) is 24.3 Å². The van der Waals surface area contributed by atoms with E-state index in [0.29, 0.717) is 0 Å². The minimum absolute atomic E-state index is 0.273. The molecule has 2 heteroatoms. The highest BCUT2D eigenvalue weighted by molar-refractivity contribution is 5.91. The summed E-state index contributed by atoms with van der Waals surface area (Å²) < 4.78 is 0. The number of carbonyl (C=O) groups excluding carboxylic acids is 2. The van der Waals surface area contributed by atoms with Gasteiger partial charge in [-0.15, -0.1) is 0 Å². The summed E-state index contributed by atoms with van der Waals surface area (Å²) in [4.78, 5) is 19.6. The molecule has 0 saturated carbocycles. The van der Waals surface area contributed by atoms with E-state index in [4.69, 9.17) is 0 Å². The van der Waals surface area contributed by atoms with Crippen LogP contribution in [0.3, 0.4) is 0 Å². The zero-order valence-electron chi connectivity index (χ0n) is 7.32. The van der Waals surface area contributed by atoms with E-state index in [-0.39, 0.29) is 5.78 Å². The van der Waals surface area contributed by atoms with Crippen LogP contribution < -0.4 is 0 Å². The van der Waals surface area contributed by atoms with Crippen molar-refractivity contribution in [3.8, 4) is 0 Å². The van der Waals surface area contributed by atoms with Crippen molar-refractivity contribution < 1.29 is 9.59 Å². The molecule has 0 amide bonds. The first-order chi connectivity index (χ1) is 5.81. The highest BCUT2D eigenvalue weighted by Crippen LogP contribution is 2.01. The fourth-order valence-electron chi connectivity index (χ4n) is 0.715. The Balaban J connectivity index is 0.000000202. The first kappa shape index (κ1) is 10.8. The lowest BCUT2D eigenvalue weighted by Gasteiger charge is -1.71. The van der Waals surface area contributed by atoms with Gasteiger partial charge >= 0.3 is 0 Å². The standard InChI is InChI=1S/C5H6O.C5H8O/c6-5-3-1-2-4-5;1-2-3-4-5-6/h1,3H,2,4H2;3-5H,2H2,1H3. The van der Waals surface area contributed by atoms with Gasteiger partial charge in [-0.2, -0.15) is 0 Å². The molecule has 0 unspecified atom stereocenters. The normalized spacial score (nSPS) is 14.6. The van der Waals surface area contributed by atoms with E-state index in [2.05, 4.69) is 0 Å². The number of aldehydes is 1. The topological polar surface area (TPSA) is 34.1 Å². The lowest BCUT2D eigenvalue weighted by Crippen LogP contribution is -1.80. The van der Waals surface area contributed by atoms with Crippen LogP contribution in [-0.4, -0.2) is 12.1 Å². The maximum Gasteiger partial charge on any atom is 0.155 e. The van der Waals surface area contributed by atoms with Crippen molar-refractivity contribution in [3.63, 3.8) is 0 Å². The molecule has 0 N–H and O–H groups in total. The van der Waals surface area contributed by atoms with Gasteiger partial charge in [0.05, 0.1) is 0 Å². The second-order valence-corrected chi connectivity index (χ2v) is 2.38. The van der Waals surface area contributed by atoms with Gasteiger partial charge < -0.3 is 0 Å². The molecule has 0 fully saturated rings. The third kappa shape index (κ3) is 6.93. The second-order valence-electron chi connectivity index (χ2n) is 2.38. The van der Waals surface area contributed by atoms with E-state index in [1.54, 1.807) is 6.08 Å². The van der Waals surface area contributed by atoms with Crippen LogP contribution >= 0.6 is 0 Å². The van der Waals surface area contributed by atoms with Crippen LogP contribution in [0.25, 0.3) is 0 Å². The number of hydrogen-bond donors (Lipinski definition) is 0. The van der Waals surface area contributed by atoms with E-state index in [1.807, 2.05) is 19.1 Å². The summed E-state index contributed by atoms with van der Waals surface area (Å²) >= 11 is 0. The van der Waals surface area contributed by atoms with Gasteiger partial charge in [0.15, 0.2) is 5.78 Å². The van der Waals surface area contributed by atoms with Crippen LogP contribution in [0.1, 0.15) is 26.2 Å². The first-order valence-electron chi connectivity index (χ1n) is 4.11. The summed E-state index contributed by atoms with van der Waals surface area (Å²) in [5.41, 5.74) is 0. The van der Waals surface area contributed by atoms with Crippen LogP contribution in [0, 0.1) is 0 Å². The molecule has 0 bridgehead atoms. The Morgan fingerprint density at radius 2 is 2.33 bits per heavy atom. The van der Waals surface area contributed by atoms with E-state index in [9.17, 15) is 9.59 Å². The number of ketones is 1. The fourth-order valence-corrected chi connectivity index (χ4v) is 0.715. The van der Waals surface area contributed by atoms with Gasteiger partial charge in [-0.05, 0) is 25.0 Å². The zero-order chi connectivity index (χ0) is 9.23. The third-order valence-corrected chi connectivity index (χ3v) is 1.31. The van der Waals surface area contributed by atoms with Crippen LogP contribution in [0.15, 0.2) is 24.3 Å². The molecule has 1 aliphatic rings. The molecule has 1 rings (SSSR count). The number of allylic oxidation sites excluding steroid dienone is 4. The number of hydrogen-bond acceptors (Lipinski definition) is 2. The third-order valence-electron chi connectivity index (χ3n) is 1.31. The summed E-state index contributed by atoms with van der Waals surface area (Å²) in [5.74, 6) is 0.273. The van der Waals surface area contributed by atoms with Gasteiger partial charge in [0.2, 0.25) is 0 Å². The van der Waals surface area contributed by atoms with Gasteiger partial charge in [0.1, 0.15) is 6.29 Å². The Kier molecular flexibility index (Phi) is 7.14. The summed E-state index contributed by atoms with van der Waals surface area (Å²) in [6, 6.07) is 0. The molecule has 12 heavy (non-hydrogen) atoms. The van der Waals surface area contributed by atoms with E-state index >= 15 is 0 Å². The summed E-state index contributed by atoms with van der Waals surface area (Å²) in [6.45, 7) is 1.99. The van der Waals surface area contributed by atoms with E-state index < -0.39 is 0 Å². The van der Waals surface area contributed by atoms with Crippen molar-refractivity contribution in [1.82, 2.24) is 0 Å². The number of rotatable bonds is 2. The SMILES string of the molecule is CCC=CC=O.O=C1C=CCC1. The quantitative estimate of drug-likeness (QED) is 0.464. The summed E-state index contributed by atoms with van der Waals surface area (Å²) in [5, 5.41) is 0. The van der Waals surface area contributed by atoms with Crippen molar-refractivity contribution in [1.29, 1.82) is 0 Å². The first-order valence-corrected chi connectivity index (χ1v) is 4.11. The van der Waals surface area contributed by atoms with Crippen LogP contribution in [0.4, 0.5) is 0 Å². The van der Waals surface area contributed by atoms with Gasteiger partial charge in [-0.3, -0.25) is 9.59 Å². The van der Waals surface area contributed by atoms with Crippen molar-refractivity contribution in [2.24, 2.45) is 0 Å². The molecule has 0 radical (unpaired) electrons. The zero-order valence-corrected chi connectivity index (χ0v) is 7.32. The molecule has 66 valence electrons. The average molecular weight is 166 g/mol. The van der Waals surface area contributed by atoms with Crippen LogP contribution in [0.5, 0.6) is 0 Å². The molecule has 0 aromatic heterocycles. The highest BCUT2D eigenvalue weighted by atomic mass is 16.1. The lowest BCUT2D eigenvalue weighted by atomic mass is 10.3. The van der Waals surface area contributed by atoms with Crippen LogP contribution in [0.2, 0.25) is 0 Å². The molecule has 0 spiro atoms. The smallest absolute Gasteiger partial charge is 0.155 e. The minimum atomic E-state index is 0.273. The molecule has 1 aliphatic carbocycles. The maximum absolute atomic E-state index is 10.2. The number of carbonyl (C=O) groups is 2. The molecule has 2 nitrogen and oxygen atoms in total. The summed E-state index contributed by atoms with van der Waals surface area (Å²) in [6.07, 6.45) is 10.3. The Morgan fingerprint density at radius 1 is 1.58 bits per heavy atom. The Morgan fingerprint density at radius 3 is 2.50 bits per heavy atom. The molecule has 0 atom stereocenters.